The molecule has 1 aliphatic carbocycles. The summed E-state index contributed by atoms with van der Waals surface area (Å²) < 4.78 is 39.4. The summed E-state index contributed by atoms with van der Waals surface area (Å²) in [4.78, 5) is 27.6. The van der Waals surface area contributed by atoms with Crippen molar-refractivity contribution in [2.45, 2.75) is 45.2 Å². The maximum absolute atomic E-state index is 13.1. The zero-order valence-electron chi connectivity index (χ0n) is 18.2. The fourth-order valence-electron chi connectivity index (χ4n) is 3.80. The van der Waals surface area contributed by atoms with Gasteiger partial charge in [0.1, 0.15) is 11.1 Å². The van der Waals surface area contributed by atoms with E-state index in [1.807, 2.05) is 0 Å². The van der Waals surface area contributed by atoms with E-state index in [2.05, 4.69) is 16.7 Å². The molecule has 1 aliphatic rings. The molecule has 0 aliphatic heterocycles. The Morgan fingerprint density at radius 3 is 2.58 bits per heavy atom. The number of anilines is 2. The van der Waals surface area contributed by atoms with Crippen LogP contribution in [0.2, 0.25) is 0 Å². The number of amides is 2. The van der Waals surface area contributed by atoms with E-state index in [9.17, 15) is 28.0 Å². The van der Waals surface area contributed by atoms with Crippen LogP contribution in [0.15, 0.2) is 24.3 Å². The minimum atomic E-state index is -4.57. The van der Waals surface area contributed by atoms with Crippen molar-refractivity contribution < 1.29 is 22.8 Å². The quantitative estimate of drug-likeness (QED) is 0.571. The van der Waals surface area contributed by atoms with Gasteiger partial charge >= 0.3 is 6.18 Å². The Morgan fingerprint density at radius 2 is 1.88 bits per heavy atom. The van der Waals surface area contributed by atoms with Gasteiger partial charge < -0.3 is 10.6 Å². The molecule has 0 fully saturated rings. The van der Waals surface area contributed by atoms with Crippen LogP contribution >= 0.6 is 11.3 Å². The van der Waals surface area contributed by atoms with Gasteiger partial charge in [0.25, 0.3) is 0 Å². The molecule has 1 aromatic carbocycles. The van der Waals surface area contributed by atoms with Gasteiger partial charge in [-0.05, 0) is 49.9 Å². The first kappa shape index (κ1) is 24.7. The third-order valence-electron chi connectivity index (χ3n) is 5.51. The highest BCUT2D eigenvalue weighted by Crippen LogP contribution is 2.37. The van der Waals surface area contributed by atoms with Crippen molar-refractivity contribution in [1.29, 1.82) is 5.26 Å². The minimum absolute atomic E-state index is 0.0910. The Labute approximate surface area is 194 Å². The van der Waals surface area contributed by atoms with Crippen LogP contribution in [0.5, 0.6) is 0 Å². The standard InChI is InChI=1S/C23H25F3N4O2S/c1-2-30(14-21(32)28-18-9-5-4-8-17(18)23(24,25)26)12-11-20(31)29-22-16(13-27)15-7-3-6-10-19(15)33-22/h4-5,8-9H,2-3,6-7,10-12,14H2,1H3,(H,28,32)(H,29,31). The van der Waals surface area contributed by atoms with Gasteiger partial charge in [-0.1, -0.05) is 19.1 Å². The topological polar surface area (TPSA) is 85.2 Å². The van der Waals surface area contributed by atoms with Crippen molar-refractivity contribution in [2.24, 2.45) is 0 Å². The van der Waals surface area contributed by atoms with Gasteiger partial charge in [0.05, 0.1) is 23.4 Å². The second kappa shape index (κ2) is 10.8. The number of hydrogen-bond donors (Lipinski definition) is 2. The molecule has 2 N–H and O–H groups in total. The van der Waals surface area contributed by atoms with Gasteiger partial charge in [0.2, 0.25) is 11.8 Å². The molecular formula is C23H25F3N4O2S. The molecule has 0 unspecified atom stereocenters. The molecule has 2 aromatic rings. The Balaban J connectivity index is 1.55. The van der Waals surface area contributed by atoms with Crippen LogP contribution < -0.4 is 10.6 Å². The normalized spacial score (nSPS) is 13.3. The Morgan fingerprint density at radius 1 is 1.15 bits per heavy atom. The number of nitriles is 1. The molecule has 0 spiro atoms. The largest absolute Gasteiger partial charge is 0.418 e. The van der Waals surface area contributed by atoms with E-state index in [0.29, 0.717) is 17.1 Å². The molecule has 1 heterocycles. The average Bonchev–Trinajstić information content (AvgIpc) is 3.12. The molecular weight excluding hydrogens is 453 g/mol. The summed E-state index contributed by atoms with van der Waals surface area (Å²) >= 11 is 1.45. The maximum Gasteiger partial charge on any atom is 0.418 e. The lowest BCUT2D eigenvalue weighted by Gasteiger charge is -2.20. The van der Waals surface area contributed by atoms with E-state index in [1.54, 1.807) is 11.8 Å². The molecule has 33 heavy (non-hydrogen) atoms. The maximum atomic E-state index is 13.1. The average molecular weight is 479 g/mol. The van der Waals surface area contributed by atoms with Crippen LogP contribution in [-0.2, 0) is 28.6 Å². The molecule has 0 saturated carbocycles. The number of alkyl halides is 3. The lowest BCUT2D eigenvalue weighted by molar-refractivity contribution is -0.137. The Hall–Kier alpha value is -2.90. The van der Waals surface area contributed by atoms with E-state index >= 15 is 0 Å². The Bertz CT molecular complexity index is 1060. The number of nitrogens with zero attached hydrogens (tertiary/aromatic N) is 2. The number of fused-ring (bicyclic) bond motifs is 1. The molecule has 0 atom stereocenters. The monoisotopic (exact) mass is 478 g/mol. The van der Waals surface area contributed by atoms with E-state index in [-0.39, 0.29) is 31.1 Å². The number of carbonyl (C=O) groups excluding carboxylic acids is 2. The van der Waals surface area contributed by atoms with Crippen LogP contribution in [0.1, 0.15) is 47.8 Å². The van der Waals surface area contributed by atoms with E-state index in [0.717, 1.165) is 42.2 Å². The third kappa shape index (κ3) is 6.33. The summed E-state index contributed by atoms with van der Waals surface area (Å²) in [7, 11) is 0. The van der Waals surface area contributed by atoms with Crippen molar-refractivity contribution in [3.05, 3.63) is 45.8 Å². The molecule has 0 bridgehead atoms. The summed E-state index contributed by atoms with van der Waals surface area (Å²) in [5, 5.41) is 15.2. The second-order valence-corrected chi connectivity index (χ2v) is 8.89. The zero-order valence-corrected chi connectivity index (χ0v) is 19.0. The second-order valence-electron chi connectivity index (χ2n) is 7.79. The first-order chi connectivity index (χ1) is 15.7. The van der Waals surface area contributed by atoms with Gasteiger partial charge in [-0.2, -0.15) is 18.4 Å². The van der Waals surface area contributed by atoms with Gasteiger partial charge in [-0.25, -0.2) is 0 Å². The fourth-order valence-corrected chi connectivity index (χ4v) is 5.06. The highest BCUT2D eigenvalue weighted by Gasteiger charge is 2.33. The SMILES string of the molecule is CCN(CCC(=O)Nc1sc2c(c1C#N)CCCC2)CC(=O)Nc1ccccc1C(F)(F)F. The first-order valence-electron chi connectivity index (χ1n) is 10.8. The Kier molecular flexibility index (Phi) is 8.10. The van der Waals surface area contributed by atoms with Crippen molar-refractivity contribution in [1.82, 2.24) is 4.90 Å². The predicted molar refractivity (Wildman–Crippen MR) is 121 cm³/mol. The summed E-state index contributed by atoms with van der Waals surface area (Å²) in [6.07, 6.45) is -0.607. The lowest BCUT2D eigenvalue weighted by Crippen LogP contribution is -2.35. The van der Waals surface area contributed by atoms with E-state index in [1.165, 1.54) is 29.5 Å². The molecule has 3 rings (SSSR count). The first-order valence-corrected chi connectivity index (χ1v) is 11.6. The van der Waals surface area contributed by atoms with E-state index in [4.69, 9.17) is 0 Å². The highest BCUT2D eigenvalue weighted by molar-refractivity contribution is 7.16. The van der Waals surface area contributed by atoms with Crippen molar-refractivity contribution >= 4 is 33.8 Å². The number of likely N-dealkylation sites (N-methyl/N-ethyl adjacent to an activating group) is 1. The minimum Gasteiger partial charge on any atom is -0.324 e. The number of halogens is 3. The number of rotatable bonds is 8. The third-order valence-corrected chi connectivity index (χ3v) is 6.72. The smallest absolute Gasteiger partial charge is 0.324 e. The van der Waals surface area contributed by atoms with Gasteiger partial charge in [-0.15, -0.1) is 11.3 Å². The van der Waals surface area contributed by atoms with Gasteiger partial charge in [0, 0.05) is 17.8 Å². The number of hydrogen-bond acceptors (Lipinski definition) is 5. The van der Waals surface area contributed by atoms with Crippen LogP contribution in [0, 0.1) is 11.3 Å². The highest BCUT2D eigenvalue weighted by atomic mass is 32.1. The lowest BCUT2D eigenvalue weighted by atomic mass is 9.96. The number of benzene rings is 1. The van der Waals surface area contributed by atoms with Crippen molar-refractivity contribution in [2.75, 3.05) is 30.3 Å². The molecule has 6 nitrogen and oxygen atoms in total. The van der Waals surface area contributed by atoms with Gasteiger partial charge in [0.15, 0.2) is 0 Å². The fraction of sp³-hybridized carbons (Fsp3) is 0.435. The molecule has 10 heteroatoms. The summed E-state index contributed by atoms with van der Waals surface area (Å²) in [6, 6.07) is 7.00. The number of thiophene rings is 1. The van der Waals surface area contributed by atoms with E-state index < -0.39 is 17.6 Å². The summed E-state index contributed by atoms with van der Waals surface area (Å²) in [5.41, 5.74) is 0.371. The molecule has 0 saturated heterocycles. The number of aryl methyl sites for hydroxylation is 1. The van der Waals surface area contributed by atoms with Crippen molar-refractivity contribution in [3.63, 3.8) is 0 Å². The van der Waals surface area contributed by atoms with Crippen LogP contribution in [0.4, 0.5) is 23.9 Å². The van der Waals surface area contributed by atoms with Crippen LogP contribution in [0.25, 0.3) is 0 Å². The predicted octanol–water partition coefficient (Wildman–Crippen LogP) is 4.81. The van der Waals surface area contributed by atoms with Crippen molar-refractivity contribution in [3.8, 4) is 6.07 Å². The number of carbonyl (C=O) groups is 2. The number of nitrogens with one attached hydrogen (secondary N) is 2. The number of para-hydroxylation sites is 1. The molecule has 176 valence electrons. The molecule has 2 amide bonds. The summed E-state index contributed by atoms with van der Waals surface area (Å²) in [6.45, 7) is 2.35. The van der Waals surface area contributed by atoms with Crippen LogP contribution in [0.3, 0.4) is 0 Å². The van der Waals surface area contributed by atoms with Crippen LogP contribution in [-0.4, -0.2) is 36.3 Å². The summed E-state index contributed by atoms with van der Waals surface area (Å²) in [5.74, 6) is -0.863. The van der Waals surface area contributed by atoms with Gasteiger partial charge in [-0.3, -0.25) is 14.5 Å². The zero-order chi connectivity index (χ0) is 24.0. The molecule has 0 radical (unpaired) electrons. The molecule has 1 aromatic heterocycles.